The Kier molecular flexibility index (Phi) is 4.13. The third-order valence-corrected chi connectivity index (χ3v) is 2.68. The molecule has 80 valence electrons. The average Bonchev–Trinajstić information content (AvgIpc) is 2.18. The summed E-state index contributed by atoms with van der Waals surface area (Å²) < 4.78 is 4.91. The van der Waals surface area contributed by atoms with Gasteiger partial charge in [0.2, 0.25) is 0 Å². The van der Waals surface area contributed by atoms with Crippen LogP contribution in [0.4, 0.5) is 4.79 Å². The predicted molar refractivity (Wildman–Crippen MR) is 58.1 cm³/mol. The number of hydrogen-bond donors (Lipinski definition) is 1. The Balaban J connectivity index is 2.47. The van der Waals surface area contributed by atoms with Gasteiger partial charge in [0, 0.05) is 19.0 Å². The van der Waals surface area contributed by atoms with Crippen molar-refractivity contribution in [2.45, 2.75) is 19.8 Å². The lowest BCUT2D eigenvalue weighted by atomic mass is 9.99. The van der Waals surface area contributed by atoms with Crippen molar-refractivity contribution in [2.24, 2.45) is 11.7 Å². The number of carbonyl (C=O) groups is 1. The van der Waals surface area contributed by atoms with Crippen LogP contribution in [0, 0.1) is 5.92 Å². The molecule has 1 amide bonds. The molecule has 2 N–H and O–H groups in total. The molecule has 1 atom stereocenters. The predicted octanol–water partition coefficient (Wildman–Crippen LogP) is 1.14. The van der Waals surface area contributed by atoms with Gasteiger partial charge in [0.25, 0.3) is 0 Å². The largest absolute Gasteiger partial charge is 0.450 e. The molecule has 0 aliphatic carbocycles. The number of ether oxygens (including phenoxy) is 1. The summed E-state index contributed by atoms with van der Waals surface area (Å²) in [7, 11) is 0. The Morgan fingerprint density at radius 1 is 1.71 bits per heavy atom. The minimum atomic E-state index is -0.256. The van der Waals surface area contributed by atoms with Crippen molar-refractivity contribution in [3.63, 3.8) is 0 Å². The minimum Gasteiger partial charge on any atom is -0.450 e. The van der Waals surface area contributed by atoms with Crippen LogP contribution >= 0.6 is 12.2 Å². The fraction of sp³-hybridized carbons (Fsp3) is 0.778. The Labute approximate surface area is 89.4 Å². The Morgan fingerprint density at radius 2 is 2.43 bits per heavy atom. The molecule has 0 radical (unpaired) electrons. The van der Waals surface area contributed by atoms with E-state index in [-0.39, 0.29) is 12.0 Å². The summed E-state index contributed by atoms with van der Waals surface area (Å²) >= 11 is 4.92. The summed E-state index contributed by atoms with van der Waals surface area (Å²) in [5, 5.41) is 0. The van der Waals surface area contributed by atoms with Gasteiger partial charge in [0.1, 0.15) is 0 Å². The van der Waals surface area contributed by atoms with Crippen LogP contribution in [-0.4, -0.2) is 35.7 Å². The van der Waals surface area contributed by atoms with Crippen molar-refractivity contribution < 1.29 is 9.53 Å². The Bertz CT molecular complexity index is 233. The third-order valence-electron chi connectivity index (χ3n) is 2.35. The van der Waals surface area contributed by atoms with E-state index in [1.807, 2.05) is 0 Å². The van der Waals surface area contributed by atoms with Crippen molar-refractivity contribution in [2.75, 3.05) is 19.7 Å². The molecule has 0 unspecified atom stereocenters. The SMILES string of the molecule is CCOC(=O)N1CCC[C@@H](C(N)=S)C1. The molecule has 1 aliphatic rings. The summed E-state index contributed by atoms with van der Waals surface area (Å²) in [4.78, 5) is 13.6. The molecule has 1 rings (SSSR count). The van der Waals surface area contributed by atoms with E-state index in [0.29, 0.717) is 18.1 Å². The third kappa shape index (κ3) is 2.83. The second-order valence-corrected chi connectivity index (χ2v) is 3.86. The zero-order valence-corrected chi connectivity index (χ0v) is 9.18. The first-order valence-corrected chi connectivity index (χ1v) is 5.27. The maximum atomic E-state index is 11.4. The van der Waals surface area contributed by atoms with Gasteiger partial charge in [-0.2, -0.15) is 0 Å². The summed E-state index contributed by atoms with van der Waals surface area (Å²) in [5.74, 6) is 0.156. The first kappa shape index (κ1) is 11.2. The number of nitrogens with two attached hydrogens (primary N) is 1. The van der Waals surface area contributed by atoms with Gasteiger partial charge < -0.3 is 15.4 Å². The molecule has 0 saturated carbocycles. The molecular formula is C9H16N2O2S. The number of thiocarbonyl (C=S) groups is 1. The molecule has 1 heterocycles. The molecule has 4 nitrogen and oxygen atoms in total. The highest BCUT2D eigenvalue weighted by atomic mass is 32.1. The second-order valence-electron chi connectivity index (χ2n) is 3.39. The zero-order chi connectivity index (χ0) is 10.6. The van der Waals surface area contributed by atoms with Gasteiger partial charge in [-0.05, 0) is 19.8 Å². The summed E-state index contributed by atoms with van der Waals surface area (Å²) in [6.45, 7) is 3.56. The van der Waals surface area contributed by atoms with Crippen LogP contribution in [0.1, 0.15) is 19.8 Å². The first-order chi connectivity index (χ1) is 6.65. The highest BCUT2D eigenvalue weighted by Gasteiger charge is 2.25. The van der Waals surface area contributed by atoms with E-state index in [9.17, 15) is 4.79 Å². The van der Waals surface area contributed by atoms with E-state index in [2.05, 4.69) is 0 Å². The number of rotatable bonds is 2. The van der Waals surface area contributed by atoms with Gasteiger partial charge in [-0.1, -0.05) is 12.2 Å². The quantitative estimate of drug-likeness (QED) is 0.703. The molecule has 0 aromatic heterocycles. The lowest BCUT2D eigenvalue weighted by Crippen LogP contribution is -2.43. The fourth-order valence-corrected chi connectivity index (χ4v) is 1.78. The molecule has 14 heavy (non-hydrogen) atoms. The molecule has 0 aromatic carbocycles. The monoisotopic (exact) mass is 216 g/mol. The average molecular weight is 216 g/mol. The fourth-order valence-electron chi connectivity index (χ4n) is 1.59. The first-order valence-electron chi connectivity index (χ1n) is 4.86. The van der Waals surface area contributed by atoms with Gasteiger partial charge in [-0.25, -0.2) is 4.79 Å². The molecule has 0 bridgehead atoms. The maximum Gasteiger partial charge on any atom is 0.409 e. The molecule has 0 spiro atoms. The standard InChI is InChI=1S/C9H16N2O2S/c1-2-13-9(12)11-5-3-4-7(6-11)8(10)14/h7H,2-6H2,1H3,(H2,10,14)/t7-/m1/s1. The Hall–Kier alpha value is -0.840. The molecule has 0 aromatic rings. The van der Waals surface area contributed by atoms with E-state index in [0.717, 1.165) is 19.4 Å². The van der Waals surface area contributed by atoms with Crippen LogP contribution in [-0.2, 0) is 4.74 Å². The summed E-state index contributed by atoms with van der Waals surface area (Å²) in [6, 6.07) is 0. The topological polar surface area (TPSA) is 55.6 Å². The normalized spacial score (nSPS) is 21.8. The highest BCUT2D eigenvalue weighted by molar-refractivity contribution is 7.80. The van der Waals surface area contributed by atoms with Gasteiger partial charge >= 0.3 is 6.09 Å². The molecule has 5 heteroatoms. The number of piperidine rings is 1. The van der Waals surface area contributed by atoms with E-state index in [4.69, 9.17) is 22.7 Å². The summed E-state index contributed by atoms with van der Waals surface area (Å²) in [6.07, 6.45) is 1.67. The summed E-state index contributed by atoms with van der Waals surface area (Å²) in [5.41, 5.74) is 5.56. The van der Waals surface area contributed by atoms with Crippen LogP contribution < -0.4 is 5.73 Å². The molecule has 1 fully saturated rings. The van der Waals surface area contributed by atoms with E-state index >= 15 is 0 Å². The lowest BCUT2D eigenvalue weighted by molar-refractivity contribution is 0.0950. The van der Waals surface area contributed by atoms with Gasteiger partial charge in [0.15, 0.2) is 0 Å². The van der Waals surface area contributed by atoms with Gasteiger partial charge in [0.05, 0.1) is 11.6 Å². The number of carbonyl (C=O) groups excluding carboxylic acids is 1. The van der Waals surface area contributed by atoms with E-state index < -0.39 is 0 Å². The van der Waals surface area contributed by atoms with Crippen molar-refractivity contribution in [1.29, 1.82) is 0 Å². The number of hydrogen-bond acceptors (Lipinski definition) is 3. The van der Waals surface area contributed by atoms with Crippen LogP contribution in [0.5, 0.6) is 0 Å². The van der Waals surface area contributed by atoms with Crippen molar-refractivity contribution in [3.8, 4) is 0 Å². The van der Waals surface area contributed by atoms with Crippen LogP contribution in [0.15, 0.2) is 0 Å². The van der Waals surface area contributed by atoms with E-state index in [1.165, 1.54) is 0 Å². The number of likely N-dealkylation sites (tertiary alicyclic amines) is 1. The van der Waals surface area contributed by atoms with Gasteiger partial charge in [-0.3, -0.25) is 0 Å². The van der Waals surface area contributed by atoms with Crippen molar-refractivity contribution in [3.05, 3.63) is 0 Å². The van der Waals surface area contributed by atoms with Crippen LogP contribution in [0.25, 0.3) is 0 Å². The van der Waals surface area contributed by atoms with Crippen molar-refractivity contribution >= 4 is 23.3 Å². The minimum absolute atomic E-state index is 0.156. The Morgan fingerprint density at radius 3 is 3.00 bits per heavy atom. The molecular weight excluding hydrogens is 200 g/mol. The zero-order valence-electron chi connectivity index (χ0n) is 8.36. The second kappa shape index (κ2) is 5.14. The highest BCUT2D eigenvalue weighted by Crippen LogP contribution is 2.17. The molecule has 1 saturated heterocycles. The van der Waals surface area contributed by atoms with E-state index in [1.54, 1.807) is 11.8 Å². The van der Waals surface area contributed by atoms with Crippen molar-refractivity contribution in [1.82, 2.24) is 4.90 Å². The maximum absolute atomic E-state index is 11.4. The lowest BCUT2D eigenvalue weighted by Gasteiger charge is -2.31. The smallest absolute Gasteiger partial charge is 0.409 e. The van der Waals surface area contributed by atoms with Crippen LogP contribution in [0.2, 0.25) is 0 Å². The van der Waals surface area contributed by atoms with Crippen LogP contribution in [0.3, 0.4) is 0 Å². The number of amides is 1. The van der Waals surface area contributed by atoms with Gasteiger partial charge in [-0.15, -0.1) is 0 Å². The molecule has 1 aliphatic heterocycles. The number of nitrogens with zero attached hydrogens (tertiary/aromatic N) is 1.